The van der Waals surface area contributed by atoms with Gasteiger partial charge in [0.25, 0.3) is 0 Å². The maximum Gasteiger partial charge on any atom is 0.0245 e. The maximum atomic E-state index is 5.99. The van der Waals surface area contributed by atoms with Crippen molar-refractivity contribution in [1.29, 1.82) is 0 Å². The summed E-state index contributed by atoms with van der Waals surface area (Å²) in [5.41, 5.74) is 5.99. The van der Waals surface area contributed by atoms with E-state index in [9.17, 15) is 0 Å². The van der Waals surface area contributed by atoms with Gasteiger partial charge in [-0.1, -0.05) is 26.7 Å². The normalized spacial score (nSPS) is 30.9. The number of nitrogens with two attached hydrogens (primary N) is 1. The highest BCUT2D eigenvalue weighted by molar-refractivity contribution is 4.89. The van der Waals surface area contributed by atoms with Crippen molar-refractivity contribution in [3.63, 3.8) is 0 Å². The number of rotatable bonds is 4. The van der Waals surface area contributed by atoms with Gasteiger partial charge in [0.1, 0.15) is 0 Å². The molecule has 0 radical (unpaired) electrons. The van der Waals surface area contributed by atoms with Gasteiger partial charge in [-0.25, -0.2) is 0 Å². The monoisotopic (exact) mass is 239 g/mol. The maximum absolute atomic E-state index is 5.99. The second-order valence-electron chi connectivity index (χ2n) is 5.87. The SMILES string of the molecule is CCC(C)C(CN)N1CCN2CCCCC2C1. The van der Waals surface area contributed by atoms with E-state index in [2.05, 4.69) is 23.6 Å². The Labute approximate surface area is 106 Å². The van der Waals surface area contributed by atoms with E-state index in [1.54, 1.807) is 0 Å². The lowest BCUT2D eigenvalue weighted by atomic mass is 9.93. The molecule has 2 fully saturated rings. The number of hydrogen-bond donors (Lipinski definition) is 1. The first-order chi connectivity index (χ1) is 8.26. The van der Waals surface area contributed by atoms with Gasteiger partial charge in [0.15, 0.2) is 0 Å². The molecule has 0 amide bonds. The highest BCUT2D eigenvalue weighted by Crippen LogP contribution is 2.24. The van der Waals surface area contributed by atoms with Crippen LogP contribution in [0, 0.1) is 5.92 Å². The second kappa shape index (κ2) is 6.17. The molecule has 2 saturated heterocycles. The van der Waals surface area contributed by atoms with Gasteiger partial charge in [-0.15, -0.1) is 0 Å². The Bertz CT molecular complexity index is 232. The Balaban J connectivity index is 1.93. The lowest BCUT2D eigenvalue weighted by Gasteiger charge is -2.47. The van der Waals surface area contributed by atoms with Gasteiger partial charge in [-0.2, -0.15) is 0 Å². The number of hydrogen-bond acceptors (Lipinski definition) is 3. The van der Waals surface area contributed by atoms with Crippen molar-refractivity contribution in [2.75, 3.05) is 32.7 Å². The molecule has 3 heteroatoms. The fourth-order valence-electron chi connectivity index (χ4n) is 3.49. The Kier molecular flexibility index (Phi) is 4.83. The van der Waals surface area contributed by atoms with Gasteiger partial charge in [-0.3, -0.25) is 9.80 Å². The van der Waals surface area contributed by atoms with Crippen molar-refractivity contribution in [3.8, 4) is 0 Å². The molecular weight excluding hydrogens is 210 g/mol. The van der Waals surface area contributed by atoms with E-state index in [4.69, 9.17) is 5.73 Å². The summed E-state index contributed by atoms with van der Waals surface area (Å²) < 4.78 is 0. The van der Waals surface area contributed by atoms with Gasteiger partial charge < -0.3 is 5.73 Å². The van der Waals surface area contributed by atoms with Crippen molar-refractivity contribution in [1.82, 2.24) is 9.80 Å². The molecule has 0 saturated carbocycles. The van der Waals surface area contributed by atoms with Crippen LogP contribution in [0.4, 0.5) is 0 Å². The van der Waals surface area contributed by atoms with Crippen LogP contribution in [-0.2, 0) is 0 Å². The van der Waals surface area contributed by atoms with Gasteiger partial charge in [0, 0.05) is 38.3 Å². The van der Waals surface area contributed by atoms with Crippen LogP contribution < -0.4 is 5.73 Å². The number of piperazine rings is 1. The standard InChI is InChI=1S/C14H29N3/c1-3-12(2)14(10-15)17-9-8-16-7-5-4-6-13(16)11-17/h12-14H,3-11,15H2,1-2H3. The molecule has 2 rings (SSSR count). The average Bonchev–Trinajstić information content (AvgIpc) is 2.39. The van der Waals surface area contributed by atoms with E-state index in [1.165, 1.54) is 51.9 Å². The molecule has 2 heterocycles. The molecule has 2 aliphatic heterocycles. The summed E-state index contributed by atoms with van der Waals surface area (Å²) in [6, 6.07) is 1.42. The van der Waals surface area contributed by atoms with E-state index < -0.39 is 0 Å². The van der Waals surface area contributed by atoms with Crippen molar-refractivity contribution in [2.24, 2.45) is 11.7 Å². The van der Waals surface area contributed by atoms with Crippen LogP contribution in [-0.4, -0.2) is 54.6 Å². The predicted octanol–water partition coefficient (Wildman–Crippen LogP) is 1.53. The quantitative estimate of drug-likeness (QED) is 0.807. The zero-order valence-electron chi connectivity index (χ0n) is 11.6. The Hall–Kier alpha value is -0.120. The minimum Gasteiger partial charge on any atom is -0.329 e. The van der Waals surface area contributed by atoms with Crippen LogP contribution in [0.15, 0.2) is 0 Å². The van der Waals surface area contributed by atoms with Crippen molar-refractivity contribution < 1.29 is 0 Å². The first-order valence-electron chi connectivity index (χ1n) is 7.44. The van der Waals surface area contributed by atoms with Gasteiger partial charge in [0.2, 0.25) is 0 Å². The minimum atomic E-state index is 0.601. The number of piperidine rings is 1. The lowest BCUT2D eigenvalue weighted by molar-refractivity contribution is 0.0162. The molecule has 2 aliphatic rings. The number of fused-ring (bicyclic) bond motifs is 1. The van der Waals surface area contributed by atoms with Gasteiger partial charge in [0.05, 0.1) is 0 Å². The lowest BCUT2D eigenvalue weighted by Crippen LogP contribution is -2.59. The van der Waals surface area contributed by atoms with Crippen molar-refractivity contribution in [2.45, 2.75) is 51.6 Å². The predicted molar refractivity (Wildman–Crippen MR) is 73.1 cm³/mol. The minimum absolute atomic E-state index is 0.601. The van der Waals surface area contributed by atoms with E-state index in [-0.39, 0.29) is 0 Å². The molecule has 2 N–H and O–H groups in total. The molecule has 17 heavy (non-hydrogen) atoms. The van der Waals surface area contributed by atoms with Gasteiger partial charge >= 0.3 is 0 Å². The van der Waals surface area contributed by atoms with Crippen LogP contribution in [0.2, 0.25) is 0 Å². The Morgan fingerprint density at radius 2 is 2.06 bits per heavy atom. The third-order valence-corrected chi connectivity index (χ3v) is 4.88. The molecule has 0 aromatic carbocycles. The van der Waals surface area contributed by atoms with Crippen LogP contribution in [0.1, 0.15) is 39.5 Å². The topological polar surface area (TPSA) is 32.5 Å². The Morgan fingerprint density at radius 1 is 1.24 bits per heavy atom. The largest absolute Gasteiger partial charge is 0.329 e. The molecule has 0 aliphatic carbocycles. The first kappa shape index (κ1) is 13.3. The van der Waals surface area contributed by atoms with Crippen LogP contribution >= 0.6 is 0 Å². The van der Waals surface area contributed by atoms with Gasteiger partial charge in [-0.05, 0) is 25.3 Å². The molecule has 0 bridgehead atoms. The summed E-state index contributed by atoms with van der Waals surface area (Å²) >= 11 is 0. The van der Waals surface area contributed by atoms with E-state index >= 15 is 0 Å². The number of nitrogens with zero attached hydrogens (tertiary/aromatic N) is 2. The summed E-state index contributed by atoms with van der Waals surface area (Å²) in [5, 5.41) is 0. The van der Waals surface area contributed by atoms with Crippen LogP contribution in [0.3, 0.4) is 0 Å². The van der Waals surface area contributed by atoms with E-state index in [0.29, 0.717) is 6.04 Å². The summed E-state index contributed by atoms with van der Waals surface area (Å²) in [4.78, 5) is 5.37. The molecule has 3 atom stereocenters. The molecule has 0 spiro atoms. The zero-order valence-corrected chi connectivity index (χ0v) is 11.6. The second-order valence-corrected chi connectivity index (χ2v) is 5.87. The fourth-order valence-corrected chi connectivity index (χ4v) is 3.49. The molecule has 3 unspecified atom stereocenters. The first-order valence-corrected chi connectivity index (χ1v) is 7.44. The highest BCUT2D eigenvalue weighted by atomic mass is 15.3. The average molecular weight is 239 g/mol. The zero-order chi connectivity index (χ0) is 12.3. The molecule has 0 aromatic rings. The third kappa shape index (κ3) is 3.01. The summed E-state index contributed by atoms with van der Waals surface area (Å²) in [7, 11) is 0. The molecular formula is C14H29N3. The fraction of sp³-hybridized carbons (Fsp3) is 1.00. The van der Waals surface area contributed by atoms with Crippen molar-refractivity contribution in [3.05, 3.63) is 0 Å². The summed E-state index contributed by atoms with van der Waals surface area (Å²) in [6.07, 6.45) is 5.47. The third-order valence-electron chi connectivity index (χ3n) is 4.88. The summed E-state index contributed by atoms with van der Waals surface area (Å²) in [5.74, 6) is 0.732. The van der Waals surface area contributed by atoms with E-state index in [0.717, 1.165) is 18.5 Å². The van der Waals surface area contributed by atoms with Crippen LogP contribution in [0.25, 0.3) is 0 Å². The highest BCUT2D eigenvalue weighted by Gasteiger charge is 2.32. The molecule has 0 aromatic heterocycles. The smallest absolute Gasteiger partial charge is 0.0245 e. The molecule has 3 nitrogen and oxygen atoms in total. The van der Waals surface area contributed by atoms with Crippen LogP contribution in [0.5, 0.6) is 0 Å². The Morgan fingerprint density at radius 3 is 2.76 bits per heavy atom. The van der Waals surface area contributed by atoms with E-state index in [1.807, 2.05) is 0 Å². The van der Waals surface area contributed by atoms with Crippen molar-refractivity contribution >= 4 is 0 Å². The molecule has 100 valence electrons. The summed E-state index contributed by atoms with van der Waals surface area (Å²) in [6.45, 7) is 10.5.